The summed E-state index contributed by atoms with van der Waals surface area (Å²) >= 11 is -10.0. The summed E-state index contributed by atoms with van der Waals surface area (Å²) in [6.07, 6.45) is 14.1. The van der Waals surface area contributed by atoms with Gasteiger partial charge in [-0.05, 0) is 0 Å². The monoisotopic (exact) mass is 1420 g/mol. The molecule has 0 aromatic carbocycles. The fraction of sp³-hybridized carbons (Fsp3) is 0.455. The molecule has 0 aliphatic heterocycles. The predicted molar refractivity (Wildman–Crippen MR) is 275 cm³/mol. The van der Waals surface area contributed by atoms with E-state index in [2.05, 4.69) is 19.9 Å². The summed E-state index contributed by atoms with van der Waals surface area (Å²) in [5.41, 5.74) is 1.79. The molecular weight excluding hydrogens is 1350 g/mol. The van der Waals surface area contributed by atoms with Gasteiger partial charge in [0.15, 0.2) is 0 Å². The second-order valence-electron chi connectivity index (χ2n) is 14.5. The summed E-state index contributed by atoms with van der Waals surface area (Å²) in [5, 5.41) is 2.51. The zero-order valence-corrected chi connectivity index (χ0v) is 54.8. The van der Waals surface area contributed by atoms with Crippen molar-refractivity contribution in [3.8, 4) is 0 Å². The van der Waals surface area contributed by atoms with Crippen molar-refractivity contribution in [2.45, 2.75) is 111 Å². The topological polar surface area (TPSA) is 175 Å². The minimum absolute atomic E-state index is 0.400. The van der Waals surface area contributed by atoms with Crippen molar-refractivity contribution in [1.82, 2.24) is 19.9 Å². The number of aromatic nitrogens is 4. The van der Waals surface area contributed by atoms with Crippen molar-refractivity contribution in [2.75, 3.05) is 25.0 Å². The Hall–Kier alpha value is -1.01. The molecule has 0 aliphatic carbocycles. The van der Waals surface area contributed by atoms with Crippen molar-refractivity contribution in [3.63, 3.8) is 0 Å². The van der Waals surface area contributed by atoms with E-state index in [1.165, 1.54) is 47.0 Å². The minimum atomic E-state index is -3.91. The van der Waals surface area contributed by atoms with Crippen LogP contribution in [0, 0.1) is 0 Å². The van der Waals surface area contributed by atoms with E-state index in [1.54, 1.807) is 73.3 Å². The average molecular weight is 1410 g/mol. The van der Waals surface area contributed by atoms with E-state index in [-0.39, 0.29) is 0 Å². The molecule has 360 valence electrons. The fourth-order valence-corrected chi connectivity index (χ4v) is 81.8. The second-order valence-corrected chi connectivity index (χ2v) is 65.9. The number of hydrogen-bond acceptors (Lipinski definition) is 18. The molecule has 14 nitrogen and oxygen atoms in total. The van der Waals surface area contributed by atoms with Crippen molar-refractivity contribution >= 4 is 148 Å². The van der Waals surface area contributed by atoms with Crippen LogP contribution in [0.2, 0.25) is 35.5 Å². The van der Waals surface area contributed by atoms with Crippen molar-refractivity contribution < 1.29 is 34.3 Å². The zero-order chi connectivity index (χ0) is 49.0. The maximum atomic E-state index is 13.1. The van der Waals surface area contributed by atoms with Gasteiger partial charge in [-0.2, -0.15) is 0 Å². The van der Waals surface area contributed by atoms with Gasteiger partial charge in [-0.1, -0.05) is 0 Å². The van der Waals surface area contributed by atoms with Crippen LogP contribution < -0.4 is 0 Å². The van der Waals surface area contributed by atoms with E-state index in [0.29, 0.717) is 77.9 Å². The number of carbonyl (C=O) groups is 4. The Balaban J connectivity index is 0.000000350. The Morgan fingerprint density at radius 1 is 0.379 bits per heavy atom. The van der Waals surface area contributed by atoms with E-state index >= 15 is 0 Å². The molecule has 4 rings (SSSR count). The Morgan fingerprint density at radius 2 is 0.561 bits per heavy atom. The van der Waals surface area contributed by atoms with Crippen molar-refractivity contribution in [2.24, 2.45) is 0 Å². The number of thioether (sulfide) groups is 4. The molecule has 0 aliphatic rings. The number of rotatable bonds is 24. The molecular formula is C44H64N4O10S4Sn4. The molecule has 0 unspecified atom stereocenters. The molecule has 0 radical (unpaired) electrons. The van der Waals surface area contributed by atoms with E-state index < -0.39 is 101 Å². The normalized spacial score (nSPS) is 11.8. The zero-order valence-electron chi connectivity index (χ0n) is 40.1. The molecule has 0 bridgehead atoms. The van der Waals surface area contributed by atoms with Gasteiger partial charge < -0.3 is 0 Å². The van der Waals surface area contributed by atoms with Gasteiger partial charge in [-0.25, -0.2) is 0 Å². The summed E-state index contributed by atoms with van der Waals surface area (Å²) in [7, 11) is 0. The van der Waals surface area contributed by atoms with Gasteiger partial charge in [-0.3, -0.25) is 0 Å². The Kier molecular flexibility index (Phi) is 26.4. The van der Waals surface area contributed by atoms with Gasteiger partial charge in [0.2, 0.25) is 0 Å². The summed E-state index contributed by atoms with van der Waals surface area (Å²) in [5.74, 6) is -1.60. The van der Waals surface area contributed by atoms with Crippen LogP contribution in [0.3, 0.4) is 0 Å². The molecule has 4 aromatic heterocycles. The van der Waals surface area contributed by atoms with E-state index in [0.717, 1.165) is 0 Å². The molecule has 4 heterocycles. The third-order valence-corrected chi connectivity index (χ3v) is 77.5. The van der Waals surface area contributed by atoms with Crippen LogP contribution in [-0.4, -0.2) is 146 Å². The first-order chi connectivity index (χ1) is 31.7. The Labute approximate surface area is 428 Å². The molecule has 4 aromatic rings. The number of hydrogen-bond donors (Lipinski definition) is 0. The molecule has 0 atom stereocenters. The SMILES string of the molecule is C[CH2][Sn]([CH2]C)([O]C(=O)c1cccnc1SC)[O][Sn]([CH2]C)([CH2]C)[O]C(=O)c1cccnc1SC.C[CH2][Sn]([CH2]C)([O]C(=O)c1cccnc1SC)[O][Sn]([CH2]C)([CH2]C)[O]C(=O)c1cccnc1SC. The summed E-state index contributed by atoms with van der Waals surface area (Å²) in [6, 6.07) is 13.8. The fourth-order valence-electron chi connectivity index (χ4n) is 6.65. The van der Waals surface area contributed by atoms with Crippen LogP contribution in [-0.2, 0) is 15.1 Å². The van der Waals surface area contributed by atoms with Crippen LogP contribution in [0.1, 0.15) is 96.8 Å². The van der Waals surface area contributed by atoms with Crippen LogP contribution in [0.5, 0.6) is 0 Å². The Bertz CT molecular complexity index is 1910. The summed E-state index contributed by atoms with van der Waals surface area (Å²) in [6.45, 7) is 16.0. The predicted octanol–water partition coefficient (Wildman–Crippen LogP) is 11.8. The second kappa shape index (κ2) is 29.4. The first-order valence-corrected chi connectivity index (χ1v) is 52.3. The third-order valence-electron chi connectivity index (χ3n) is 10.9. The molecule has 0 saturated heterocycles. The van der Waals surface area contributed by atoms with Gasteiger partial charge >= 0.3 is 434 Å². The first-order valence-electron chi connectivity index (χ1n) is 21.9. The molecule has 66 heavy (non-hydrogen) atoms. The van der Waals surface area contributed by atoms with Crippen LogP contribution in [0.15, 0.2) is 93.4 Å². The molecule has 22 heteroatoms. The standard InChI is InChI=1S/4C7H7NO2S.8C2H5.2O.4Sn/c4*1-11-6-5(7(9)10)3-2-4-8-6;8*1-2;;;;;;/h4*2-4H,1H3,(H,9,10);8*1H2,2H3;;;;;;/q;;;;;;;;;;;;;;4*+1/p-4. The summed E-state index contributed by atoms with van der Waals surface area (Å²) in [4.78, 5) is 69.7. The average Bonchev–Trinajstić information content (AvgIpc) is 3.37. The Morgan fingerprint density at radius 3 is 0.712 bits per heavy atom. The van der Waals surface area contributed by atoms with Gasteiger partial charge in [0.1, 0.15) is 0 Å². The quantitative estimate of drug-likeness (QED) is 0.0478. The molecule has 0 amide bonds. The van der Waals surface area contributed by atoms with E-state index in [4.69, 9.17) is 15.1 Å². The van der Waals surface area contributed by atoms with Crippen LogP contribution in [0.25, 0.3) is 0 Å². The number of carbonyl (C=O) groups excluding carboxylic acids is 4. The van der Waals surface area contributed by atoms with Crippen molar-refractivity contribution in [1.29, 1.82) is 0 Å². The molecule has 0 N–H and O–H groups in total. The van der Waals surface area contributed by atoms with Gasteiger partial charge in [0.25, 0.3) is 0 Å². The molecule has 0 fully saturated rings. The van der Waals surface area contributed by atoms with Crippen LogP contribution in [0.4, 0.5) is 0 Å². The molecule has 0 spiro atoms. The van der Waals surface area contributed by atoms with Gasteiger partial charge in [0, 0.05) is 0 Å². The van der Waals surface area contributed by atoms with Crippen LogP contribution >= 0.6 is 47.0 Å². The summed E-state index contributed by atoms with van der Waals surface area (Å²) < 4.78 is 43.6. The number of nitrogens with zero attached hydrogens (tertiary/aromatic N) is 4. The van der Waals surface area contributed by atoms with Gasteiger partial charge in [-0.15, -0.1) is 0 Å². The van der Waals surface area contributed by atoms with E-state index in [9.17, 15) is 19.2 Å². The first kappa shape index (κ1) is 59.3. The number of pyridine rings is 4. The maximum absolute atomic E-state index is 13.1. The van der Waals surface area contributed by atoms with Crippen molar-refractivity contribution in [3.05, 3.63) is 95.6 Å². The molecule has 0 saturated carbocycles. The van der Waals surface area contributed by atoms with E-state index in [1.807, 2.05) is 80.4 Å². The van der Waals surface area contributed by atoms with Gasteiger partial charge in [0.05, 0.1) is 0 Å². The third kappa shape index (κ3) is 16.0.